The molecular formula is C16H20FN3O4. The number of hydrogen-bond donors (Lipinski definition) is 0. The molecule has 7 nitrogen and oxygen atoms in total. The number of rotatable bonds is 2. The van der Waals surface area contributed by atoms with Gasteiger partial charge in [0.25, 0.3) is 0 Å². The van der Waals surface area contributed by atoms with Gasteiger partial charge in [0, 0.05) is 49.4 Å². The van der Waals surface area contributed by atoms with Crippen LogP contribution in [0.5, 0.6) is 0 Å². The Kier molecular flexibility index (Phi) is 3.65. The standard InChI is InChI=1S/C16H20FN3O4/c1-15(2,3)24-14(21)19-9-16(10-19)7-18(8-16)11-4-5-13(20(22)23)12(17)6-11/h4-6H,7-10H2,1-3H3. The monoisotopic (exact) mass is 337 g/mol. The second kappa shape index (κ2) is 5.32. The number of carbonyl (C=O) groups excluding carboxylic acids is 1. The van der Waals surface area contributed by atoms with Crippen LogP contribution in [0, 0.1) is 21.3 Å². The van der Waals surface area contributed by atoms with Gasteiger partial charge in [0.15, 0.2) is 0 Å². The molecule has 24 heavy (non-hydrogen) atoms. The minimum Gasteiger partial charge on any atom is -0.444 e. The van der Waals surface area contributed by atoms with E-state index in [1.165, 1.54) is 12.1 Å². The number of nitrogens with zero attached hydrogens (tertiary/aromatic N) is 3. The minimum absolute atomic E-state index is 0.0230. The van der Waals surface area contributed by atoms with E-state index in [0.29, 0.717) is 31.9 Å². The molecule has 0 atom stereocenters. The first-order valence-electron chi connectivity index (χ1n) is 7.75. The molecule has 0 unspecified atom stereocenters. The predicted molar refractivity (Wildman–Crippen MR) is 85.5 cm³/mol. The van der Waals surface area contributed by atoms with E-state index >= 15 is 0 Å². The largest absolute Gasteiger partial charge is 0.444 e. The zero-order chi connectivity index (χ0) is 17.7. The molecule has 1 aromatic carbocycles. The molecule has 3 rings (SSSR count). The van der Waals surface area contributed by atoms with Gasteiger partial charge in [-0.15, -0.1) is 0 Å². The van der Waals surface area contributed by atoms with Crippen molar-refractivity contribution in [2.75, 3.05) is 31.1 Å². The van der Waals surface area contributed by atoms with E-state index in [4.69, 9.17) is 4.74 Å². The average molecular weight is 337 g/mol. The molecule has 2 aliphatic rings. The summed E-state index contributed by atoms with van der Waals surface area (Å²) in [6.07, 6.45) is -0.312. The normalized spacial score (nSPS) is 18.8. The minimum atomic E-state index is -0.831. The number of nitro groups is 1. The fourth-order valence-electron chi connectivity index (χ4n) is 3.21. The van der Waals surface area contributed by atoms with Gasteiger partial charge in [-0.05, 0) is 26.8 Å². The lowest BCUT2D eigenvalue weighted by molar-refractivity contribution is -0.387. The van der Waals surface area contributed by atoms with Crippen molar-refractivity contribution in [2.24, 2.45) is 5.41 Å². The number of anilines is 1. The Balaban J connectivity index is 1.55. The molecule has 0 aromatic heterocycles. The summed E-state index contributed by atoms with van der Waals surface area (Å²) >= 11 is 0. The van der Waals surface area contributed by atoms with Gasteiger partial charge in [0.2, 0.25) is 5.82 Å². The third kappa shape index (κ3) is 3.00. The van der Waals surface area contributed by atoms with Crippen molar-refractivity contribution < 1.29 is 18.8 Å². The molecule has 2 aliphatic heterocycles. The van der Waals surface area contributed by atoms with Crippen LogP contribution in [0.1, 0.15) is 20.8 Å². The summed E-state index contributed by atoms with van der Waals surface area (Å²) in [5.74, 6) is -0.831. The Morgan fingerprint density at radius 2 is 1.92 bits per heavy atom. The molecule has 0 radical (unpaired) electrons. The summed E-state index contributed by atoms with van der Waals surface area (Å²) in [4.78, 5) is 25.5. The van der Waals surface area contributed by atoms with E-state index < -0.39 is 22.0 Å². The van der Waals surface area contributed by atoms with Gasteiger partial charge in [0.05, 0.1) is 4.92 Å². The van der Waals surface area contributed by atoms with Crippen LogP contribution in [-0.2, 0) is 4.74 Å². The van der Waals surface area contributed by atoms with Crippen molar-refractivity contribution in [3.63, 3.8) is 0 Å². The predicted octanol–water partition coefficient (Wildman–Crippen LogP) is 2.79. The average Bonchev–Trinajstić information content (AvgIpc) is 2.32. The van der Waals surface area contributed by atoms with Crippen molar-refractivity contribution in [2.45, 2.75) is 26.4 Å². The van der Waals surface area contributed by atoms with Gasteiger partial charge in [-0.2, -0.15) is 4.39 Å². The van der Waals surface area contributed by atoms with Crippen molar-refractivity contribution in [3.05, 3.63) is 34.1 Å². The zero-order valence-electron chi connectivity index (χ0n) is 13.9. The van der Waals surface area contributed by atoms with Crippen LogP contribution in [0.2, 0.25) is 0 Å². The van der Waals surface area contributed by atoms with E-state index in [1.807, 2.05) is 25.7 Å². The lowest BCUT2D eigenvalue weighted by Gasteiger charge is -2.60. The number of likely N-dealkylation sites (tertiary alicyclic amines) is 1. The Morgan fingerprint density at radius 1 is 1.29 bits per heavy atom. The molecule has 0 N–H and O–H groups in total. The summed E-state index contributed by atoms with van der Waals surface area (Å²) in [6.45, 7) is 8.12. The molecule has 1 aromatic rings. The van der Waals surface area contributed by atoms with E-state index in [1.54, 1.807) is 11.0 Å². The van der Waals surface area contributed by atoms with Gasteiger partial charge < -0.3 is 14.5 Å². The molecule has 2 saturated heterocycles. The molecular weight excluding hydrogens is 317 g/mol. The number of benzene rings is 1. The quantitative estimate of drug-likeness (QED) is 0.613. The molecule has 1 amide bonds. The highest BCUT2D eigenvalue weighted by Crippen LogP contribution is 2.42. The topological polar surface area (TPSA) is 75.9 Å². The third-order valence-electron chi connectivity index (χ3n) is 4.25. The fourth-order valence-corrected chi connectivity index (χ4v) is 3.21. The highest BCUT2D eigenvalue weighted by atomic mass is 19.1. The van der Waals surface area contributed by atoms with Gasteiger partial charge in [0.1, 0.15) is 5.60 Å². The number of amides is 1. The lowest BCUT2D eigenvalue weighted by Crippen LogP contribution is -2.73. The highest BCUT2D eigenvalue weighted by molar-refractivity contribution is 5.70. The van der Waals surface area contributed by atoms with Gasteiger partial charge >= 0.3 is 11.8 Å². The molecule has 0 saturated carbocycles. The third-order valence-corrected chi connectivity index (χ3v) is 4.25. The summed E-state index contributed by atoms with van der Waals surface area (Å²) < 4.78 is 19.0. The fraction of sp³-hybridized carbons (Fsp3) is 0.562. The van der Waals surface area contributed by atoms with E-state index in [9.17, 15) is 19.3 Å². The SMILES string of the molecule is CC(C)(C)OC(=O)N1CC2(C1)CN(c1ccc([N+](=O)[O-])c(F)c1)C2. The van der Waals surface area contributed by atoms with Crippen LogP contribution in [0.25, 0.3) is 0 Å². The van der Waals surface area contributed by atoms with Gasteiger partial charge in [-0.1, -0.05) is 0 Å². The first-order valence-corrected chi connectivity index (χ1v) is 7.75. The van der Waals surface area contributed by atoms with Gasteiger partial charge in [-0.3, -0.25) is 10.1 Å². The Bertz CT molecular complexity index is 687. The van der Waals surface area contributed by atoms with Crippen LogP contribution in [-0.4, -0.2) is 47.7 Å². The maximum absolute atomic E-state index is 13.7. The van der Waals surface area contributed by atoms with Crippen LogP contribution >= 0.6 is 0 Å². The van der Waals surface area contributed by atoms with E-state index in [0.717, 1.165) is 0 Å². The Hall–Kier alpha value is -2.38. The summed E-state index contributed by atoms with van der Waals surface area (Å²) in [7, 11) is 0. The molecule has 0 aliphatic carbocycles. The Morgan fingerprint density at radius 3 is 2.42 bits per heavy atom. The number of halogens is 1. The van der Waals surface area contributed by atoms with Gasteiger partial charge in [-0.25, -0.2) is 4.79 Å². The lowest BCUT2D eigenvalue weighted by atomic mass is 9.73. The number of ether oxygens (including phenoxy) is 1. The second-order valence-electron chi connectivity index (χ2n) is 7.59. The Labute approximate surface area is 139 Å². The number of carbonyl (C=O) groups is 1. The zero-order valence-corrected chi connectivity index (χ0v) is 13.9. The maximum Gasteiger partial charge on any atom is 0.410 e. The smallest absolute Gasteiger partial charge is 0.410 e. The van der Waals surface area contributed by atoms with Crippen molar-refractivity contribution in [1.82, 2.24) is 4.90 Å². The molecule has 0 bridgehead atoms. The first kappa shape index (κ1) is 16.5. The first-order chi connectivity index (χ1) is 11.1. The van der Waals surface area contributed by atoms with E-state index in [2.05, 4.69) is 0 Å². The summed E-state index contributed by atoms with van der Waals surface area (Å²) in [5.41, 5.74) is -0.384. The van der Waals surface area contributed by atoms with E-state index in [-0.39, 0.29) is 11.5 Å². The highest BCUT2D eigenvalue weighted by Gasteiger charge is 2.54. The molecule has 2 fully saturated rings. The summed E-state index contributed by atoms with van der Waals surface area (Å²) in [5, 5.41) is 10.6. The number of hydrogen-bond acceptors (Lipinski definition) is 5. The van der Waals surface area contributed by atoms with Crippen LogP contribution in [0.3, 0.4) is 0 Å². The van der Waals surface area contributed by atoms with Crippen LogP contribution < -0.4 is 4.90 Å². The maximum atomic E-state index is 13.7. The van der Waals surface area contributed by atoms with Crippen molar-refractivity contribution >= 4 is 17.5 Å². The molecule has 2 heterocycles. The van der Waals surface area contributed by atoms with Crippen molar-refractivity contribution in [1.29, 1.82) is 0 Å². The molecule has 1 spiro atoms. The molecule has 130 valence electrons. The van der Waals surface area contributed by atoms with Crippen LogP contribution in [0.4, 0.5) is 20.6 Å². The second-order valence-corrected chi connectivity index (χ2v) is 7.59. The summed E-state index contributed by atoms with van der Waals surface area (Å²) in [6, 6.07) is 3.93. The number of nitro benzene ring substituents is 1. The molecule has 8 heteroatoms. The van der Waals surface area contributed by atoms with Crippen LogP contribution in [0.15, 0.2) is 18.2 Å². The van der Waals surface area contributed by atoms with Crippen molar-refractivity contribution in [3.8, 4) is 0 Å².